The van der Waals surface area contributed by atoms with Gasteiger partial charge in [0.05, 0.1) is 32.9 Å². The Morgan fingerprint density at radius 2 is 1.71 bits per heavy atom. The predicted octanol–water partition coefficient (Wildman–Crippen LogP) is 7.56. The van der Waals surface area contributed by atoms with Gasteiger partial charge in [-0.25, -0.2) is 14.4 Å². The number of hydrogen-bond donors (Lipinski definition) is 0. The van der Waals surface area contributed by atoms with Crippen molar-refractivity contribution in [3.8, 4) is 10.6 Å². The SMILES string of the molecule is O=C(c1cc(-c2cccs2)nc2ccccc12)N(Cc1ccccc1)c1nc2c(F)cccc2s1. The normalized spacial score (nSPS) is 11.2. The van der Waals surface area contributed by atoms with Crippen LogP contribution in [0.1, 0.15) is 15.9 Å². The van der Waals surface area contributed by atoms with Crippen LogP contribution in [0.4, 0.5) is 9.52 Å². The molecule has 0 spiro atoms. The molecule has 6 rings (SSSR count). The van der Waals surface area contributed by atoms with Gasteiger partial charge < -0.3 is 0 Å². The molecule has 7 heteroatoms. The van der Waals surface area contributed by atoms with E-state index in [1.54, 1.807) is 22.3 Å². The summed E-state index contributed by atoms with van der Waals surface area (Å²) in [6.45, 7) is 0.312. The average molecular weight is 496 g/mol. The van der Waals surface area contributed by atoms with E-state index in [1.807, 2.05) is 84.2 Å². The summed E-state index contributed by atoms with van der Waals surface area (Å²) >= 11 is 2.89. The molecule has 170 valence electrons. The van der Waals surface area contributed by atoms with Crippen LogP contribution < -0.4 is 4.90 Å². The van der Waals surface area contributed by atoms with Crippen molar-refractivity contribution in [1.29, 1.82) is 0 Å². The average Bonchev–Trinajstić information content (AvgIpc) is 3.58. The number of pyridine rings is 1. The summed E-state index contributed by atoms with van der Waals surface area (Å²) in [5, 5.41) is 3.21. The molecule has 0 radical (unpaired) electrons. The van der Waals surface area contributed by atoms with E-state index in [0.29, 0.717) is 21.9 Å². The minimum Gasteiger partial charge on any atom is -0.279 e. The molecule has 4 nitrogen and oxygen atoms in total. The third kappa shape index (κ3) is 4.09. The van der Waals surface area contributed by atoms with E-state index in [4.69, 9.17) is 4.98 Å². The van der Waals surface area contributed by atoms with Gasteiger partial charge in [-0.3, -0.25) is 9.69 Å². The number of aromatic nitrogens is 2. The van der Waals surface area contributed by atoms with Gasteiger partial charge >= 0.3 is 0 Å². The number of thiazole rings is 1. The fourth-order valence-corrected chi connectivity index (χ4v) is 5.72. The number of amides is 1. The lowest BCUT2D eigenvalue weighted by atomic mass is 10.1. The molecule has 0 saturated carbocycles. The molecule has 0 N–H and O–H groups in total. The molecule has 0 aliphatic heterocycles. The highest BCUT2D eigenvalue weighted by atomic mass is 32.1. The van der Waals surface area contributed by atoms with Gasteiger partial charge in [0.15, 0.2) is 5.13 Å². The Kier molecular flexibility index (Phi) is 5.56. The lowest BCUT2D eigenvalue weighted by Gasteiger charge is -2.21. The molecule has 3 heterocycles. The number of halogens is 1. The molecular formula is C28H18FN3OS2. The van der Waals surface area contributed by atoms with Crippen molar-refractivity contribution >= 4 is 54.8 Å². The van der Waals surface area contributed by atoms with Crippen LogP contribution in [0.25, 0.3) is 31.7 Å². The summed E-state index contributed by atoms with van der Waals surface area (Å²) in [5.41, 5.74) is 3.26. The highest BCUT2D eigenvalue weighted by molar-refractivity contribution is 7.22. The third-order valence-electron chi connectivity index (χ3n) is 5.74. The number of thiophene rings is 1. The van der Waals surface area contributed by atoms with Gasteiger partial charge in [0.1, 0.15) is 11.3 Å². The second-order valence-electron chi connectivity index (χ2n) is 8.01. The van der Waals surface area contributed by atoms with E-state index in [9.17, 15) is 9.18 Å². The van der Waals surface area contributed by atoms with Crippen molar-refractivity contribution < 1.29 is 9.18 Å². The topological polar surface area (TPSA) is 46.1 Å². The van der Waals surface area contributed by atoms with Gasteiger partial charge in [0.2, 0.25) is 0 Å². The second kappa shape index (κ2) is 9.02. The van der Waals surface area contributed by atoms with Crippen molar-refractivity contribution in [2.45, 2.75) is 6.54 Å². The Hall–Kier alpha value is -3.94. The van der Waals surface area contributed by atoms with Crippen molar-refractivity contribution in [2.24, 2.45) is 0 Å². The Morgan fingerprint density at radius 1 is 0.886 bits per heavy atom. The predicted molar refractivity (Wildman–Crippen MR) is 142 cm³/mol. The third-order valence-corrected chi connectivity index (χ3v) is 7.67. The van der Waals surface area contributed by atoms with Gasteiger partial charge in [-0.15, -0.1) is 11.3 Å². The first-order valence-electron chi connectivity index (χ1n) is 11.0. The molecule has 0 unspecified atom stereocenters. The van der Waals surface area contributed by atoms with E-state index in [0.717, 1.165) is 27.0 Å². The second-order valence-corrected chi connectivity index (χ2v) is 9.97. The zero-order chi connectivity index (χ0) is 23.8. The van der Waals surface area contributed by atoms with Crippen LogP contribution in [0.3, 0.4) is 0 Å². The monoisotopic (exact) mass is 495 g/mol. The molecule has 3 aromatic carbocycles. The van der Waals surface area contributed by atoms with Crippen LogP contribution >= 0.6 is 22.7 Å². The van der Waals surface area contributed by atoms with Crippen molar-refractivity contribution in [3.63, 3.8) is 0 Å². The zero-order valence-electron chi connectivity index (χ0n) is 18.4. The number of rotatable bonds is 5. The van der Waals surface area contributed by atoms with Gasteiger partial charge in [0.25, 0.3) is 5.91 Å². The quantitative estimate of drug-likeness (QED) is 0.248. The van der Waals surface area contributed by atoms with Gasteiger partial charge in [-0.2, -0.15) is 0 Å². The number of carbonyl (C=O) groups is 1. The van der Waals surface area contributed by atoms with Gasteiger partial charge in [0, 0.05) is 5.39 Å². The van der Waals surface area contributed by atoms with E-state index in [-0.39, 0.29) is 11.4 Å². The Balaban J connectivity index is 1.53. The minimum atomic E-state index is -0.397. The van der Waals surface area contributed by atoms with Gasteiger partial charge in [-0.05, 0) is 41.3 Å². The lowest BCUT2D eigenvalue weighted by Crippen LogP contribution is -2.30. The highest BCUT2D eigenvalue weighted by Gasteiger charge is 2.25. The molecule has 0 bridgehead atoms. The molecule has 0 atom stereocenters. The van der Waals surface area contributed by atoms with Crippen molar-refractivity contribution in [3.05, 3.63) is 113 Å². The highest BCUT2D eigenvalue weighted by Crippen LogP contribution is 2.34. The largest absolute Gasteiger partial charge is 0.279 e. The number of benzene rings is 3. The van der Waals surface area contributed by atoms with Gasteiger partial charge in [-0.1, -0.05) is 72.0 Å². The Labute approximate surface area is 209 Å². The van der Waals surface area contributed by atoms with Crippen LogP contribution in [0.2, 0.25) is 0 Å². The fraction of sp³-hybridized carbons (Fsp3) is 0.0357. The molecule has 0 aliphatic carbocycles. The maximum atomic E-state index is 14.5. The number of hydrogen-bond acceptors (Lipinski definition) is 5. The maximum Gasteiger partial charge on any atom is 0.261 e. The van der Waals surface area contributed by atoms with E-state index in [1.165, 1.54) is 17.4 Å². The maximum absolute atomic E-state index is 14.5. The Morgan fingerprint density at radius 3 is 2.51 bits per heavy atom. The molecule has 1 amide bonds. The van der Waals surface area contributed by atoms with E-state index < -0.39 is 5.82 Å². The van der Waals surface area contributed by atoms with E-state index in [2.05, 4.69) is 4.98 Å². The first kappa shape index (κ1) is 21.6. The number of carbonyl (C=O) groups excluding carboxylic acids is 1. The Bertz CT molecular complexity index is 1660. The number of anilines is 1. The van der Waals surface area contributed by atoms with Crippen molar-refractivity contribution in [2.75, 3.05) is 4.90 Å². The summed E-state index contributed by atoms with van der Waals surface area (Å²) < 4.78 is 15.2. The van der Waals surface area contributed by atoms with Crippen LogP contribution in [-0.2, 0) is 6.54 Å². The number of nitrogens with zero attached hydrogens (tertiary/aromatic N) is 3. The molecule has 35 heavy (non-hydrogen) atoms. The van der Waals surface area contributed by atoms with Crippen LogP contribution in [0.5, 0.6) is 0 Å². The summed E-state index contributed by atoms with van der Waals surface area (Å²) in [5.74, 6) is -0.601. The standard InChI is InChI=1S/C28H18FN3OS2/c29-21-11-6-13-25-26(21)31-28(35-25)32(17-18-8-2-1-3-9-18)27(33)20-16-23(24-14-7-15-34-24)30-22-12-5-4-10-19(20)22/h1-16H,17H2. The van der Waals surface area contributed by atoms with Crippen LogP contribution in [0.15, 0.2) is 96.4 Å². The minimum absolute atomic E-state index is 0.204. The summed E-state index contributed by atoms with van der Waals surface area (Å²) in [7, 11) is 0. The molecule has 3 aromatic heterocycles. The first-order chi connectivity index (χ1) is 17.2. The zero-order valence-corrected chi connectivity index (χ0v) is 20.0. The summed E-state index contributed by atoms with van der Waals surface area (Å²) in [6.07, 6.45) is 0. The number of fused-ring (bicyclic) bond motifs is 2. The van der Waals surface area contributed by atoms with Crippen LogP contribution in [-0.4, -0.2) is 15.9 Å². The fourth-order valence-electron chi connectivity index (χ4n) is 4.06. The smallest absolute Gasteiger partial charge is 0.261 e. The molecular weight excluding hydrogens is 477 g/mol. The molecule has 0 fully saturated rings. The molecule has 6 aromatic rings. The van der Waals surface area contributed by atoms with E-state index >= 15 is 0 Å². The molecule has 0 aliphatic rings. The van der Waals surface area contributed by atoms with Crippen molar-refractivity contribution in [1.82, 2.24) is 9.97 Å². The lowest BCUT2D eigenvalue weighted by molar-refractivity contribution is 0.0986. The number of para-hydroxylation sites is 2. The molecule has 0 saturated heterocycles. The summed E-state index contributed by atoms with van der Waals surface area (Å²) in [4.78, 5) is 26.2. The first-order valence-corrected chi connectivity index (χ1v) is 12.7. The van der Waals surface area contributed by atoms with Crippen LogP contribution in [0, 0.1) is 5.82 Å². The summed E-state index contributed by atoms with van der Waals surface area (Å²) in [6, 6.07) is 28.1.